The minimum absolute atomic E-state index is 0.219. The minimum atomic E-state index is 0.219. The number of carbonyl (C=O) groups excluding carboxylic acids is 1. The number of hydrogen-bond donors (Lipinski definition) is 0. The van der Waals surface area contributed by atoms with E-state index in [0.717, 1.165) is 42.9 Å². The van der Waals surface area contributed by atoms with Crippen LogP contribution in [-0.4, -0.2) is 22.5 Å². The summed E-state index contributed by atoms with van der Waals surface area (Å²) >= 11 is 0. The van der Waals surface area contributed by atoms with Crippen molar-refractivity contribution >= 4 is 5.91 Å². The van der Waals surface area contributed by atoms with E-state index < -0.39 is 0 Å². The Kier molecular flexibility index (Phi) is 4.27. The van der Waals surface area contributed by atoms with Crippen LogP contribution in [0.2, 0.25) is 0 Å². The van der Waals surface area contributed by atoms with E-state index in [9.17, 15) is 4.79 Å². The monoisotopic (exact) mass is 298 g/mol. The highest BCUT2D eigenvalue weighted by Gasteiger charge is 2.19. The second-order valence-electron chi connectivity index (χ2n) is 5.99. The molecular formula is C18H22N2O2. The Labute approximate surface area is 131 Å². The van der Waals surface area contributed by atoms with Gasteiger partial charge >= 0.3 is 0 Å². The van der Waals surface area contributed by atoms with Crippen LogP contribution in [-0.2, 0) is 24.2 Å². The summed E-state index contributed by atoms with van der Waals surface area (Å²) in [5.74, 6) is 1.04. The molecule has 1 aliphatic rings. The van der Waals surface area contributed by atoms with Gasteiger partial charge in [-0.2, -0.15) is 0 Å². The summed E-state index contributed by atoms with van der Waals surface area (Å²) in [6.45, 7) is 5.41. The summed E-state index contributed by atoms with van der Waals surface area (Å²) in [6, 6.07) is 8.44. The summed E-state index contributed by atoms with van der Waals surface area (Å²) in [5.41, 5.74) is 4.63. The Balaban J connectivity index is 1.65. The highest BCUT2D eigenvalue weighted by atomic mass is 16.5. The van der Waals surface area contributed by atoms with Crippen LogP contribution in [0.15, 0.2) is 28.8 Å². The van der Waals surface area contributed by atoms with Gasteiger partial charge in [0.15, 0.2) is 0 Å². The molecule has 4 nitrogen and oxygen atoms in total. The van der Waals surface area contributed by atoms with Gasteiger partial charge < -0.3 is 9.42 Å². The predicted molar refractivity (Wildman–Crippen MR) is 84.5 cm³/mol. The number of rotatable bonds is 3. The van der Waals surface area contributed by atoms with Crippen LogP contribution in [0.1, 0.15) is 41.0 Å². The number of amides is 1. The van der Waals surface area contributed by atoms with E-state index in [1.54, 1.807) is 0 Å². The number of aryl methyl sites for hydroxylation is 3. The molecule has 22 heavy (non-hydrogen) atoms. The molecule has 3 rings (SSSR count). The summed E-state index contributed by atoms with van der Waals surface area (Å²) in [6.07, 6.45) is 3.32. The zero-order valence-corrected chi connectivity index (χ0v) is 13.3. The van der Waals surface area contributed by atoms with Crippen LogP contribution in [0.4, 0.5) is 0 Å². The first-order valence-corrected chi connectivity index (χ1v) is 7.91. The van der Waals surface area contributed by atoms with Gasteiger partial charge in [-0.25, -0.2) is 0 Å². The van der Waals surface area contributed by atoms with E-state index in [1.807, 2.05) is 18.7 Å². The van der Waals surface area contributed by atoms with Gasteiger partial charge in [0, 0.05) is 25.1 Å². The Hall–Kier alpha value is -2.10. The van der Waals surface area contributed by atoms with E-state index >= 15 is 0 Å². The van der Waals surface area contributed by atoms with Crippen LogP contribution in [0, 0.1) is 13.8 Å². The van der Waals surface area contributed by atoms with Crippen molar-refractivity contribution in [1.82, 2.24) is 10.1 Å². The molecule has 0 fully saturated rings. The maximum absolute atomic E-state index is 12.6. The lowest BCUT2D eigenvalue weighted by Crippen LogP contribution is -2.30. The van der Waals surface area contributed by atoms with E-state index in [2.05, 4.69) is 29.4 Å². The van der Waals surface area contributed by atoms with Crippen molar-refractivity contribution in [2.75, 3.05) is 6.54 Å². The molecule has 0 radical (unpaired) electrons. The second-order valence-corrected chi connectivity index (χ2v) is 5.99. The molecule has 0 atom stereocenters. The van der Waals surface area contributed by atoms with Crippen molar-refractivity contribution in [2.45, 2.75) is 46.1 Å². The van der Waals surface area contributed by atoms with Crippen molar-refractivity contribution < 1.29 is 9.32 Å². The van der Waals surface area contributed by atoms with Crippen LogP contribution in [0.5, 0.6) is 0 Å². The van der Waals surface area contributed by atoms with Crippen LogP contribution in [0.3, 0.4) is 0 Å². The number of benzene rings is 1. The van der Waals surface area contributed by atoms with Gasteiger partial charge in [-0.05, 0) is 44.2 Å². The standard InChI is InChI=1S/C18H22N2O2/c1-13-17(14(2)22-19-13)9-10-18(21)20-11-5-8-15-6-3-4-7-16(15)12-20/h3-4,6-7H,5,8-12H2,1-2H3. The lowest BCUT2D eigenvalue weighted by Gasteiger charge is -2.21. The Morgan fingerprint density at radius 2 is 2.05 bits per heavy atom. The number of hydrogen-bond acceptors (Lipinski definition) is 3. The number of nitrogens with zero attached hydrogens (tertiary/aromatic N) is 2. The van der Waals surface area contributed by atoms with Gasteiger partial charge in [0.05, 0.1) is 5.69 Å². The maximum Gasteiger partial charge on any atom is 0.223 e. The molecule has 0 spiro atoms. The highest BCUT2D eigenvalue weighted by molar-refractivity contribution is 5.76. The van der Waals surface area contributed by atoms with Crippen molar-refractivity contribution in [1.29, 1.82) is 0 Å². The van der Waals surface area contributed by atoms with Gasteiger partial charge in [-0.15, -0.1) is 0 Å². The fourth-order valence-corrected chi connectivity index (χ4v) is 3.16. The van der Waals surface area contributed by atoms with Gasteiger partial charge in [-0.3, -0.25) is 4.79 Å². The van der Waals surface area contributed by atoms with Crippen molar-refractivity contribution in [2.24, 2.45) is 0 Å². The molecule has 0 aliphatic carbocycles. The molecule has 1 amide bonds. The number of fused-ring (bicyclic) bond motifs is 1. The largest absolute Gasteiger partial charge is 0.361 e. The van der Waals surface area contributed by atoms with E-state index in [1.165, 1.54) is 11.1 Å². The smallest absolute Gasteiger partial charge is 0.223 e. The SMILES string of the molecule is Cc1noc(C)c1CCC(=O)N1CCCc2ccccc2C1. The van der Waals surface area contributed by atoms with Crippen LogP contribution < -0.4 is 0 Å². The normalized spacial score (nSPS) is 14.5. The highest BCUT2D eigenvalue weighted by Crippen LogP contribution is 2.20. The fourth-order valence-electron chi connectivity index (χ4n) is 3.16. The molecule has 0 unspecified atom stereocenters. The third kappa shape index (κ3) is 3.06. The van der Waals surface area contributed by atoms with Crippen LogP contribution >= 0.6 is 0 Å². The first-order valence-electron chi connectivity index (χ1n) is 7.91. The van der Waals surface area contributed by atoms with Gasteiger partial charge in [-0.1, -0.05) is 29.4 Å². The van der Waals surface area contributed by atoms with Crippen molar-refractivity contribution in [3.63, 3.8) is 0 Å². The zero-order valence-electron chi connectivity index (χ0n) is 13.3. The van der Waals surface area contributed by atoms with E-state index in [0.29, 0.717) is 12.8 Å². The second kappa shape index (κ2) is 6.34. The molecule has 2 aromatic rings. The molecule has 1 aromatic carbocycles. The maximum atomic E-state index is 12.6. The first-order chi connectivity index (χ1) is 10.6. The molecule has 1 aromatic heterocycles. The Bertz CT molecular complexity index is 656. The number of aromatic nitrogens is 1. The molecule has 4 heteroatoms. The molecule has 0 bridgehead atoms. The summed E-state index contributed by atoms with van der Waals surface area (Å²) in [4.78, 5) is 14.5. The Morgan fingerprint density at radius 1 is 1.27 bits per heavy atom. The van der Waals surface area contributed by atoms with Gasteiger partial charge in [0.1, 0.15) is 5.76 Å². The van der Waals surface area contributed by atoms with Gasteiger partial charge in [0.2, 0.25) is 5.91 Å². The Morgan fingerprint density at radius 3 is 2.77 bits per heavy atom. The zero-order chi connectivity index (χ0) is 15.5. The average Bonchev–Trinajstić information content (AvgIpc) is 2.74. The fraction of sp³-hybridized carbons (Fsp3) is 0.444. The predicted octanol–water partition coefficient (Wildman–Crippen LogP) is 3.20. The third-order valence-electron chi connectivity index (χ3n) is 4.48. The molecular weight excluding hydrogens is 276 g/mol. The van der Waals surface area contributed by atoms with E-state index in [-0.39, 0.29) is 5.91 Å². The van der Waals surface area contributed by atoms with Crippen LogP contribution in [0.25, 0.3) is 0 Å². The lowest BCUT2D eigenvalue weighted by atomic mass is 10.0. The van der Waals surface area contributed by atoms with E-state index in [4.69, 9.17) is 4.52 Å². The average molecular weight is 298 g/mol. The van der Waals surface area contributed by atoms with Gasteiger partial charge in [0.25, 0.3) is 0 Å². The molecule has 1 aliphatic heterocycles. The molecule has 116 valence electrons. The third-order valence-corrected chi connectivity index (χ3v) is 4.48. The minimum Gasteiger partial charge on any atom is -0.361 e. The first kappa shape index (κ1) is 14.8. The molecule has 2 heterocycles. The quantitative estimate of drug-likeness (QED) is 0.874. The molecule has 0 saturated heterocycles. The van der Waals surface area contributed by atoms with Crippen molar-refractivity contribution in [3.8, 4) is 0 Å². The number of carbonyl (C=O) groups is 1. The summed E-state index contributed by atoms with van der Waals surface area (Å²) in [5, 5.41) is 3.95. The molecule has 0 N–H and O–H groups in total. The topological polar surface area (TPSA) is 46.3 Å². The summed E-state index contributed by atoms with van der Waals surface area (Å²) < 4.78 is 5.16. The summed E-state index contributed by atoms with van der Waals surface area (Å²) in [7, 11) is 0. The lowest BCUT2D eigenvalue weighted by molar-refractivity contribution is -0.131. The molecule has 0 saturated carbocycles. The van der Waals surface area contributed by atoms with Crippen molar-refractivity contribution in [3.05, 3.63) is 52.4 Å².